The van der Waals surface area contributed by atoms with Crippen LogP contribution in [-0.4, -0.2) is 17.4 Å². The van der Waals surface area contributed by atoms with Crippen molar-refractivity contribution in [1.29, 1.82) is 0 Å². The zero-order valence-corrected chi connectivity index (χ0v) is 6.60. The molecule has 0 radical (unpaired) electrons. The van der Waals surface area contributed by atoms with Crippen molar-refractivity contribution in [3.05, 3.63) is 29.8 Å². The fourth-order valence-electron chi connectivity index (χ4n) is 1.35. The van der Waals surface area contributed by atoms with Gasteiger partial charge in [0.05, 0.1) is 0 Å². The molecule has 2 unspecified atom stereocenters. The Kier molecular flexibility index (Phi) is 1.75. The molecule has 2 atom stereocenters. The molecule has 1 aliphatic heterocycles. The number of ether oxygens (including phenoxy) is 1. The molecule has 3 nitrogen and oxygen atoms in total. The molecule has 1 aromatic carbocycles. The molecule has 0 fully saturated rings. The van der Waals surface area contributed by atoms with E-state index >= 15 is 0 Å². The molecule has 2 rings (SSSR count). The SMILES string of the molecule is NC1Oc2ccccc2CC1O. The molecule has 0 saturated carbocycles. The molecule has 0 aromatic heterocycles. The van der Waals surface area contributed by atoms with Gasteiger partial charge in [-0.05, 0) is 11.6 Å². The summed E-state index contributed by atoms with van der Waals surface area (Å²) in [5, 5.41) is 9.37. The lowest BCUT2D eigenvalue weighted by Crippen LogP contribution is -2.44. The molecule has 0 bridgehead atoms. The van der Waals surface area contributed by atoms with Gasteiger partial charge < -0.3 is 9.84 Å². The van der Waals surface area contributed by atoms with Gasteiger partial charge in [0.25, 0.3) is 0 Å². The standard InChI is InChI=1S/C9H11NO2/c10-9-7(11)5-6-3-1-2-4-8(6)12-9/h1-4,7,9,11H,5,10H2. The highest BCUT2D eigenvalue weighted by molar-refractivity contribution is 5.35. The van der Waals surface area contributed by atoms with Crippen molar-refractivity contribution in [1.82, 2.24) is 0 Å². The largest absolute Gasteiger partial charge is 0.473 e. The number of aliphatic hydroxyl groups is 1. The Hall–Kier alpha value is -1.06. The van der Waals surface area contributed by atoms with Crippen molar-refractivity contribution in [2.24, 2.45) is 5.73 Å². The smallest absolute Gasteiger partial charge is 0.174 e. The number of rotatable bonds is 0. The molecule has 1 heterocycles. The number of aliphatic hydroxyl groups excluding tert-OH is 1. The van der Waals surface area contributed by atoms with Crippen LogP contribution in [0.15, 0.2) is 24.3 Å². The Balaban J connectivity index is 2.34. The predicted molar refractivity (Wildman–Crippen MR) is 44.8 cm³/mol. The summed E-state index contributed by atoms with van der Waals surface area (Å²) in [6, 6.07) is 7.61. The van der Waals surface area contributed by atoms with Crippen LogP contribution in [0.3, 0.4) is 0 Å². The third-order valence-electron chi connectivity index (χ3n) is 2.04. The number of benzene rings is 1. The Bertz CT molecular complexity index is 259. The zero-order chi connectivity index (χ0) is 8.55. The third kappa shape index (κ3) is 1.17. The maximum atomic E-state index is 9.37. The van der Waals surface area contributed by atoms with E-state index in [0.29, 0.717) is 6.42 Å². The number of hydrogen-bond acceptors (Lipinski definition) is 3. The van der Waals surface area contributed by atoms with Gasteiger partial charge in [0.1, 0.15) is 11.9 Å². The monoisotopic (exact) mass is 165 g/mol. The van der Waals surface area contributed by atoms with Crippen molar-refractivity contribution >= 4 is 0 Å². The molecule has 64 valence electrons. The Morgan fingerprint density at radius 1 is 1.42 bits per heavy atom. The number of hydrogen-bond donors (Lipinski definition) is 2. The lowest BCUT2D eigenvalue weighted by Gasteiger charge is -2.27. The number of para-hydroxylation sites is 1. The van der Waals surface area contributed by atoms with Crippen LogP contribution in [0.1, 0.15) is 5.56 Å². The second-order valence-electron chi connectivity index (χ2n) is 2.96. The van der Waals surface area contributed by atoms with Gasteiger partial charge in [-0.3, -0.25) is 5.73 Å². The van der Waals surface area contributed by atoms with Crippen molar-refractivity contribution in [2.75, 3.05) is 0 Å². The quantitative estimate of drug-likeness (QED) is 0.580. The maximum Gasteiger partial charge on any atom is 0.174 e. The van der Waals surface area contributed by atoms with Crippen molar-refractivity contribution in [3.63, 3.8) is 0 Å². The second kappa shape index (κ2) is 2.77. The molecule has 0 amide bonds. The summed E-state index contributed by atoms with van der Waals surface area (Å²) >= 11 is 0. The first-order chi connectivity index (χ1) is 5.77. The summed E-state index contributed by atoms with van der Waals surface area (Å²) < 4.78 is 5.27. The highest BCUT2D eigenvalue weighted by Gasteiger charge is 2.24. The fraction of sp³-hybridized carbons (Fsp3) is 0.333. The minimum atomic E-state index is -0.583. The lowest BCUT2D eigenvalue weighted by atomic mass is 10.0. The Morgan fingerprint density at radius 3 is 3.00 bits per heavy atom. The van der Waals surface area contributed by atoms with E-state index in [9.17, 15) is 5.11 Å². The minimum absolute atomic E-state index is 0.581. The van der Waals surface area contributed by atoms with Gasteiger partial charge in [-0.15, -0.1) is 0 Å². The van der Waals surface area contributed by atoms with E-state index in [1.165, 1.54) is 0 Å². The van der Waals surface area contributed by atoms with Gasteiger partial charge in [-0.1, -0.05) is 18.2 Å². The zero-order valence-electron chi connectivity index (χ0n) is 6.60. The molecule has 3 heteroatoms. The van der Waals surface area contributed by atoms with Crippen LogP contribution < -0.4 is 10.5 Å². The molecular formula is C9H11NO2. The summed E-state index contributed by atoms with van der Waals surface area (Å²) in [6.45, 7) is 0. The van der Waals surface area contributed by atoms with Gasteiger partial charge in [-0.25, -0.2) is 0 Å². The summed E-state index contributed by atoms with van der Waals surface area (Å²) in [4.78, 5) is 0. The first kappa shape index (κ1) is 7.58. The van der Waals surface area contributed by atoms with E-state index in [1.807, 2.05) is 24.3 Å². The van der Waals surface area contributed by atoms with Crippen molar-refractivity contribution in [2.45, 2.75) is 18.8 Å². The number of nitrogens with two attached hydrogens (primary N) is 1. The molecule has 1 aliphatic rings. The van der Waals surface area contributed by atoms with E-state index in [2.05, 4.69) is 0 Å². The van der Waals surface area contributed by atoms with Crippen molar-refractivity contribution < 1.29 is 9.84 Å². The van der Waals surface area contributed by atoms with Crippen molar-refractivity contribution in [3.8, 4) is 5.75 Å². The molecule has 0 aliphatic carbocycles. The second-order valence-corrected chi connectivity index (χ2v) is 2.96. The fourth-order valence-corrected chi connectivity index (χ4v) is 1.35. The van der Waals surface area contributed by atoms with E-state index in [1.54, 1.807) is 0 Å². The average molecular weight is 165 g/mol. The van der Waals surface area contributed by atoms with Crippen LogP contribution in [0.2, 0.25) is 0 Å². The van der Waals surface area contributed by atoms with Gasteiger partial charge in [0.15, 0.2) is 6.23 Å². The number of fused-ring (bicyclic) bond motifs is 1. The third-order valence-corrected chi connectivity index (χ3v) is 2.04. The average Bonchev–Trinajstić information content (AvgIpc) is 2.07. The predicted octanol–water partition coefficient (Wildman–Crippen LogP) is 0.267. The van der Waals surface area contributed by atoms with Crippen LogP contribution >= 0.6 is 0 Å². The first-order valence-corrected chi connectivity index (χ1v) is 3.95. The van der Waals surface area contributed by atoms with E-state index < -0.39 is 12.3 Å². The highest BCUT2D eigenvalue weighted by atomic mass is 16.5. The van der Waals surface area contributed by atoms with Gasteiger partial charge in [-0.2, -0.15) is 0 Å². The van der Waals surface area contributed by atoms with E-state index in [0.717, 1.165) is 11.3 Å². The summed E-state index contributed by atoms with van der Waals surface area (Å²) in [6.07, 6.45) is -0.586. The van der Waals surface area contributed by atoms with E-state index in [-0.39, 0.29) is 0 Å². The lowest BCUT2D eigenvalue weighted by molar-refractivity contribution is 0.0258. The summed E-state index contributed by atoms with van der Waals surface area (Å²) in [5.74, 6) is 0.787. The minimum Gasteiger partial charge on any atom is -0.473 e. The molecule has 3 N–H and O–H groups in total. The molecule has 1 aromatic rings. The van der Waals surface area contributed by atoms with Crippen LogP contribution in [0.4, 0.5) is 0 Å². The van der Waals surface area contributed by atoms with Gasteiger partial charge >= 0.3 is 0 Å². The van der Waals surface area contributed by atoms with Crippen LogP contribution in [0.25, 0.3) is 0 Å². The normalized spacial score (nSPS) is 27.5. The van der Waals surface area contributed by atoms with E-state index in [4.69, 9.17) is 10.5 Å². The van der Waals surface area contributed by atoms with Gasteiger partial charge in [0, 0.05) is 6.42 Å². The molecule has 0 saturated heterocycles. The topological polar surface area (TPSA) is 55.5 Å². The van der Waals surface area contributed by atoms with Crippen LogP contribution in [0, 0.1) is 0 Å². The maximum absolute atomic E-state index is 9.37. The summed E-state index contributed by atoms with van der Waals surface area (Å²) in [7, 11) is 0. The van der Waals surface area contributed by atoms with Crippen LogP contribution in [-0.2, 0) is 6.42 Å². The summed E-state index contributed by atoms with van der Waals surface area (Å²) in [5.41, 5.74) is 6.54. The first-order valence-electron chi connectivity index (χ1n) is 3.95. The molecule has 12 heavy (non-hydrogen) atoms. The Labute approximate surface area is 70.8 Å². The van der Waals surface area contributed by atoms with Gasteiger partial charge in [0.2, 0.25) is 0 Å². The van der Waals surface area contributed by atoms with Crippen LogP contribution in [0.5, 0.6) is 5.75 Å². The molecule has 0 spiro atoms. The Morgan fingerprint density at radius 2 is 2.17 bits per heavy atom. The molecular weight excluding hydrogens is 154 g/mol. The highest BCUT2D eigenvalue weighted by Crippen LogP contribution is 2.25.